The van der Waals surface area contributed by atoms with Gasteiger partial charge in [0.25, 0.3) is 0 Å². The molecule has 7 heteroatoms. The molecule has 0 unspecified atom stereocenters. The second kappa shape index (κ2) is 8.88. The van der Waals surface area contributed by atoms with Crippen LogP contribution in [0.15, 0.2) is 42.5 Å². The van der Waals surface area contributed by atoms with E-state index in [4.69, 9.17) is 9.47 Å². The van der Waals surface area contributed by atoms with Gasteiger partial charge in [0.15, 0.2) is 0 Å². The van der Waals surface area contributed by atoms with Crippen molar-refractivity contribution in [3.05, 3.63) is 48.0 Å². The predicted octanol–water partition coefficient (Wildman–Crippen LogP) is 4.06. The van der Waals surface area contributed by atoms with E-state index in [0.717, 1.165) is 22.7 Å². The Balaban J connectivity index is 1.38. The summed E-state index contributed by atoms with van der Waals surface area (Å²) in [7, 11) is 1.60. The summed E-state index contributed by atoms with van der Waals surface area (Å²) in [6.07, 6.45) is 1.22. The van der Waals surface area contributed by atoms with Crippen LogP contribution in [0.3, 0.4) is 0 Å². The Morgan fingerprint density at radius 1 is 1.13 bits per heavy atom. The molecule has 2 aromatic rings. The number of likely N-dealkylation sites (tertiary alicyclic amines) is 1. The summed E-state index contributed by atoms with van der Waals surface area (Å²) < 4.78 is 11.1. The lowest BCUT2D eigenvalue weighted by atomic mass is 9.96. The molecule has 0 spiro atoms. The number of carbonyl (C=O) groups excluding carboxylic acids is 2. The molecule has 0 bridgehead atoms. The molecule has 2 aliphatic heterocycles. The molecule has 2 heterocycles. The molecule has 7 nitrogen and oxygen atoms in total. The van der Waals surface area contributed by atoms with Crippen molar-refractivity contribution in [3.63, 3.8) is 0 Å². The molecule has 3 amide bonds. The van der Waals surface area contributed by atoms with Crippen LogP contribution >= 0.6 is 0 Å². The first-order chi connectivity index (χ1) is 14.9. The fraction of sp³-hybridized carbons (Fsp3) is 0.417. The number of nitrogens with one attached hydrogen (secondary N) is 1. The van der Waals surface area contributed by atoms with E-state index in [0.29, 0.717) is 38.2 Å². The predicted molar refractivity (Wildman–Crippen MR) is 120 cm³/mol. The van der Waals surface area contributed by atoms with Crippen molar-refractivity contribution in [2.24, 2.45) is 5.92 Å². The largest absolute Gasteiger partial charge is 0.497 e. The molecule has 1 atom stereocenters. The number of rotatable bonds is 3. The zero-order chi connectivity index (χ0) is 22.0. The minimum atomic E-state index is -0.117. The van der Waals surface area contributed by atoms with Gasteiger partial charge in [-0.3, -0.25) is 9.69 Å². The number of piperidine rings is 1. The highest BCUT2D eigenvalue weighted by Gasteiger charge is 2.34. The number of benzene rings is 2. The summed E-state index contributed by atoms with van der Waals surface area (Å²) in [5.41, 5.74) is 2.63. The Hall–Kier alpha value is -3.22. The van der Waals surface area contributed by atoms with Crippen molar-refractivity contribution in [3.8, 4) is 11.5 Å². The maximum Gasteiger partial charge on any atom is 0.324 e. The minimum Gasteiger partial charge on any atom is -0.497 e. The number of carbonyl (C=O) groups is 2. The number of ether oxygens (including phenoxy) is 2. The second-order valence-corrected chi connectivity index (χ2v) is 8.28. The van der Waals surface area contributed by atoms with Gasteiger partial charge in [-0.1, -0.05) is 12.1 Å². The molecule has 0 aliphatic carbocycles. The van der Waals surface area contributed by atoms with E-state index < -0.39 is 0 Å². The number of fused-ring (bicyclic) bond motifs is 1. The lowest BCUT2D eigenvalue weighted by Crippen LogP contribution is -2.51. The van der Waals surface area contributed by atoms with E-state index in [9.17, 15) is 9.59 Å². The smallest absolute Gasteiger partial charge is 0.324 e. The summed E-state index contributed by atoms with van der Waals surface area (Å²) >= 11 is 0. The Morgan fingerprint density at radius 2 is 1.90 bits per heavy atom. The van der Waals surface area contributed by atoms with E-state index >= 15 is 0 Å². The van der Waals surface area contributed by atoms with Crippen LogP contribution in [0, 0.1) is 12.8 Å². The van der Waals surface area contributed by atoms with Gasteiger partial charge >= 0.3 is 6.03 Å². The van der Waals surface area contributed by atoms with Crippen LogP contribution in [0.2, 0.25) is 0 Å². The van der Waals surface area contributed by atoms with E-state index in [1.165, 1.54) is 0 Å². The van der Waals surface area contributed by atoms with Gasteiger partial charge in [0, 0.05) is 30.8 Å². The lowest BCUT2D eigenvalue weighted by molar-refractivity contribution is -0.121. The molecule has 2 aromatic carbocycles. The van der Waals surface area contributed by atoms with Crippen molar-refractivity contribution >= 4 is 23.3 Å². The van der Waals surface area contributed by atoms with Gasteiger partial charge < -0.3 is 19.7 Å². The highest BCUT2D eigenvalue weighted by molar-refractivity contribution is 5.95. The van der Waals surface area contributed by atoms with Crippen LogP contribution in [-0.2, 0) is 4.79 Å². The highest BCUT2D eigenvalue weighted by atomic mass is 16.5. The molecule has 4 rings (SSSR count). The number of hydrogen-bond donors (Lipinski definition) is 1. The molecule has 0 aromatic heterocycles. The van der Waals surface area contributed by atoms with Crippen LogP contribution in [0.4, 0.5) is 16.2 Å². The van der Waals surface area contributed by atoms with Crippen LogP contribution in [0.5, 0.6) is 11.5 Å². The zero-order valence-corrected chi connectivity index (χ0v) is 18.3. The SMILES string of the molecule is COc1cccc(NC(=O)C2CCN(C(=O)N3C[C@H](C)Oc4ccc(C)cc43)CC2)c1. The van der Waals surface area contributed by atoms with Crippen LogP contribution in [0.1, 0.15) is 25.3 Å². The third kappa shape index (κ3) is 4.60. The zero-order valence-electron chi connectivity index (χ0n) is 18.3. The maximum atomic E-state index is 13.3. The van der Waals surface area contributed by atoms with Crippen molar-refractivity contribution in [1.29, 1.82) is 0 Å². The molecule has 1 saturated heterocycles. The van der Waals surface area contributed by atoms with E-state index in [2.05, 4.69) is 5.32 Å². The van der Waals surface area contributed by atoms with Gasteiger partial charge in [-0.25, -0.2) is 4.79 Å². The number of amides is 3. The third-order valence-corrected chi connectivity index (χ3v) is 5.88. The van der Waals surface area contributed by atoms with Gasteiger partial charge in [0.2, 0.25) is 5.91 Å². The molecule has 1 fully saturated rings. The first-order valence-corrected chi connectivity index (χ1v) is 10.7. The number of aryl methyl sites for hydroxylation is 1. The van der Waals surface area contributed by atoms with E-state index in [1.54, 1.807) is 13.2 Å². The van der Waals surface area contributed by atoms with E-state index in [1.807, 2.05) is 60.0 Å². The van der Waals surface area contributed by atoms with Gasteiger partial charge in [-0.05, 0) is 56.5 Å². The summed E-state index contributed by atoms with van der Waals surface area (Å²) in [6.45, 7) is 5.61. The van der Waals surface area contributed by atoms with E-state index in [-0.39, 0.29) is 24.0 Å². The molecular formula is C24H29N3O4. The van der Waals surface area contributed by atoms with Crippen molar-refractivity contribution in [2.45, 2.75) is 32.8 Å². The molecular weight excluding hydrogens is 394 g/mol. The molecule has 1 N–H and O–H groups in total. The Bertz CT molecular complexity index is 969. The van der Waals surface area contributed by atoms with Crippen LogP contribution in [-0.4, -0.2) is 49.7 Å². The number of anilines is 2. The molecule has 31 heavy (non-hydrogen) atoms. The normalized spacial score (nSPS) is 18.7. The fourth-order valence-electron chi connectivity index (χ4n) is 4.18. The molecule has 0 saturated carbocycles. The highest BCUT2D eigenvalue weighted by Crippen LogP contribution is 2.35. The standard InChI is InChI=1S/C24H29N3O4/c1-16-7-8-22-21(13-16)27(15-17(2)31-22)24(29)26-11-9-18(10-12-26)23(28)25-19-5-4-6-20(14-19)30-3/h4-8,13-14,17-18H,9-12,15H2,1-3H3,(H,25,28)/t17-/m0/s1. The average molecular weight is 424 g/mol. The summed E-state index contributed by atoms with van der Waals surface area (Å²) in [4.78, 5) is 29.7. The Morgan fingerprint density at radius 3 is 2.65 bits per heavy atom. The minimum absolute atomic E-state index is 0.0127. The van der Waals surface area contributed by atoms with Gasteiger partial charge in [0.05, 0.1) is 19.3 Å². The topological polar surface area (TPSA) is 71.1 Å². The third-order valence-electron chi connectivity index (χ3n) is 5.88. The van der Waals surface area contributed by atoms with Crippen molar-refractivity contribution in [2.75, 3.05) is 37.0 Å². The van der Waals surface area contributed by atoms with Gasteiger partial charge in [-0.15, -0.1) is 0 Å². The number of methoxy groups -OCH3 is 1. The maximum absolute atomic E-state index is 13.3. The number of hydrogen-bond acceptors (Lipinski definition) is 4. The summed E-state index contributed by atoms with van der Waals surface area (Å²) in [5, 5.41) is 2.97. The molecule has 2 aliphatic rings. The summed E-state index contributed by atoms with van der Waals surface area (Å²) in [6, 6.07) is 13.2. The van der Waals surface area contributed by atoms with Crippen molar-refractivity contribution < 1.29 is 19.1 Å². The number of nitrogens with zero attached hydrogens (tertiary/aromatic N) is 2. The quantitative estimate of drug-likeness (QED) is 0.808. The Kier molecular flexibility index (Phi) is 6.02. The first-order valence-electron chi connectivity index (χ1n) is 10.7. The summed E-state index contributed by atoms with van der Waals surface area (Å²) in [5.74, 6) is 1.31. The van der Waals surface area contributed by atoms with Crippen molar-refractivity contribution in [1.82, 2.24) is 4.90 Å². The lowest BCUT2D eigenvalue weighted by Gasteiger charge is -2.39. The van der Waals surface area contributed by atoms with Crippen LogP contribution in [0.25, 0.3) is 0 Å². The average Bonchev–Trinajstić information content (AvgIpc) is 2.78. The number of urea groups is 1. The van der Waals surface area contributed by atoms with Crippen LogP contribution < -0.4 is 19.7 Å². The second-order valence-electron chi connectivity index (χ2n) is 8.28. The first kappa shape index (κ1) is 21.0. The fourth-order valence-corrected chi connectivity index (χ4v) is 4.18. The van der Waals surface area contributed by atoms with Gasteiger partial charge in [-0.2, -0.15) is 0 Å². The van der Waals surface area contributed by atoms with Gasteiger partial charge in [0.1, 0.15) is 17.6 Å². The Labute approximate surface area is 182 Å². The molecule has 0 radical (unpaired) electrons. The monoisotopic (exact) mass is 423 g/mol. The molecule has 164 valence electrons.